The van der Waals surface area contributed by atoms with Crippen molar-refractivity contribution in [2.45, 2.75) is 12.0 Å². The van der Waals surface area contributed by atoms with Gasteiger partial charge in [0.05, 0.1) is 5.57 Å². The first-order valence-electron chi connectivity index (χ1n) is 8.51. The molecule has 0 spiro atoms. The number of esters is 1. The van der Waals surface area contributed by atoms with E-state index in [1.807, 2.05) is 6.07 Å². The minimum atomic E-state index is -1.43. The third-order valence-electron chi connectivity index (χ3n) is 4.80. The molecule has 3 aliphatic heterocycles. The van der Waals surface area contributed by atoms with E-state index < -0.39 is 11.6 Å². The lowest BCUT2D eigenvalue weighted by atomic mass is 9.88. The van der Waals surface area contributed by atoms with E-state index in [0.717, 1.165) is 11.1 Å². The average molecular weight is 368 g/mol. The fraction of sp³-hybridized carbons (Fsp3) is 0.250. The molecule has 3 aliphatic rings. The normalized spacial score (nSPS) is 23.7. The molecule has 7 nitrogen and oxygen atoms in total. The first-order valence-corrected chi connectivity index (χ1v) is 8.51. The fourth-order valence-electron chi connectivity index (χ4n) is 3.43. The zero-order valence-corrected chi connectivity index (χ0v) is 14.3. The Morgan fingerprint density at radius 1 is 0.889 bits per heavy atom. The van der Waals surface area contributed by atoms with Crippen LogP contribution in [0.3, 0.4) is 0 Å². The second kappa shape index (κ2) is 5.92. The van der Waals surface area contributed by atoms with Crippen LogP contribution in [0.4, 0.5) is 0 Å². The molecule has 0 bridgehead atoms. The van der Waals surface area contributed by atoms with Gasteiger partial charge >= 0.3 is 5.97 Å². The maximum atomic E-state index is 12.3. The van der Waals surface area contributed by atoms with Crippen LogP contribution in [-0.4, -0.2) is 36.9 Å². The van der Waals surface area contributed by atoms with Crippen molar-refractivity contribution in [1.82, 2.24) is 0 Å². The van der Waals surface area contributed by atoms with E-state index in [-0.39, 0.29) is 32.2 Å². The average Bonchev–Trinajstić information content (AvgIpc) is 3.37. The Balaban J connectivity index is 1.46. The van der Waals surface area contributed by atoms with Crippen molar-refractivity contribution in [3.63, 3.8) is 0 Å². The third-order valence-corrected chi connectivity index (χ3v) is 4.80. The van der Waals surface area contributed by atoms with Crippen molar-refractivity contribution in [1.29, 1.82) is 0 Å². The number of carbonyl (C=O) groups excluding carboxylic acids is 1. The zero-order chi connectivity index (χ0) is 18.4. The molecule has 3 heterocycles. The predicted molar refractivity (Wildman–Crippen MR) is 92.7 cm³/mol. The first kappa shape index (κ1) is 16.0. The van der Waals surface area contributed by atoms with Crippen LogP contribution in [0.1, 0.15) is 11.1 Å². The molecule has 1 saturated heterocycles. The predicted octanol–water partition coefficient (Wildman–Crippen LogP) is 2.06. The maximum Gasteiger partial charge on any atom is 0.337 e. The summed E-state index contributed by atoms with van der Waals surface area (Å²) in [5, 5.41) is 11.1. The molecule has 2 aromatic carbocycles. The summed E-state index contributed by atoms with van der Waals surface area (Å²) < 4.78 is 26.5. The van der Waals surface area contributed by atoms with E-state index in [0.29, 0.717) is 23.0 Å². The van der Waals surface area contributed by atoms with Gasteiger partial charge in [-0.25, -0.2) is 4.79 Å². The van der Waals surface area contributed by atoms with E-state index in [4.69, 9.17) is 23.7 Å². The van der Waals surface area contributed by atoms with E-state index in [9.17, 15) is 9.90 Å². The number of hydrogen-bond donors (Lipinski definition) is 1. The van der Waals surface area contributed by atoms with Crippen molar-refractivity contribution < 1.29 is 33.6 Å². The quantitative estimate of drug-likeness (QED) is 0.656. The molecule has 0 amide bonds. The molecule has 138 valence electrons. The number of benzene rings is 2. The monoisotopic (exact) mass is 368 g/mol. The zero-order valence-electron chi connectivity index (χ0n) is 14.3. The molecule has 0 radical (unpaired) electrons. The lowest BCUT2D eigenvalue weighted by Crippen LogP contribution is -2.34. The third kappa shape index (κ3) is 2.76. The summed E-state index contributed by atoms with van der Waals surface area (Å²) >= 11 is 0. The SMILES string of the molecule is O=C1OCC(O)(Cc2ccc3c(c2)OCO3)C1=Cc1ccc2c(c1)OCO2. The highest BCUT2D eigenvalue weighted by Gasteiger charge is 2.44. The first-order chi connectivity index (χ1) is 13.1. The highest BCUT2D eigenvalue weighted by molar-refractivity contribution is 5.98. The van der Waals surface area contributed by atoms with E-state index in [2.05, 4.69) is 0 Å². The second-order valence-electron chi connectivity index (χ2n) is 6.64. The number of rotatable bonds is 3. The Morgan fingerprint density at radius 2 is 1.56 bits per heavy atom. The van der Waals surface area contributed by atoms with Crippen LogP contribution in [0.25, 0.3) is 6.08 Å². The fourth-order valence-corrected chi connectivity index (χ4v) is 3.43. The number of carbonyl (C=O) groups is 1. The van der Waals surface area contributed by atoms with Crippen molar-refractivity contribution >= 4 is 12.0 Å². The lowest BCUT2D eigenvalue weighted by molar-refractivity contribution is -0.135. The van der Waals surface area contributed by atoms with Crippen LogP contribution in [0.5, 0.6) is 23.0 Å². The van der Waals surface area contributed by atoms with Crippen LogP contribution < -0.4 is 18.9 Å². The molecule has 2 aromatic rings. The summed E-state index contributed by atoms with van der Waals surface area (Å²) in [4.78, 5) is 12.3. The van der Waals surface area contributed by atoms with Gasteiger partial charge in [-0.15, -0.1) is 0 Å². The van der Waals surface area contributed by atoms with Crippen molar-refractivity contribution in [2.24, 2.45) is 0 Å². The number of hydrogen-bond acceptors (Lipinski definition) is 7. The van der Waals surface area contributed by atoms with Gasteiger partial charge in [0.2, 0.25) is 13.6 Å². The number of ether oxygens (including phenoxy) is 5. The van der Waals surface area contributed by atoms with Crippen LogP contribution in [0, 0.1) is 0 Å². The van der Waals surface area contributed by atoms with Crippen molar-refractivity contribution in [3.05, 3.63) is 53.1 Å². The summed E-state index contributed by atoms with van der Waals surface area (Å²) in [6.45, 7) is 0.252. The van der Waals surface area contributed by atoms with E-state index >= 15 is 0 Å². The molecule has 5 rings (SSSR count). The second-order valence-corrected chi connectivity index (χ2v) is 6.64. The summed E-state index contributed by atoms with van der Waals surface area (Å²) in [6, 6.07) is 10.8. The van der Waals surface area contributed by atoms with Gasteiger partial charge in [0, 0.05) is 6.42 Å². The van der Waals surface area contributed by atoms with E-state index in [1.54, 1.807) is 36.4 Å². The summed E-state index contributed by atoms with van der Waals surface area (Å²) in [7, 11) is 0. The summed E-state index contributed by atoms with van der Waals surface area (Å²) in [5.74, 6) is 2.02. The molecular weight excluding hydrogens is 352 g/mol. The van der Waals surface area contributed by atoms with Crippen molar-refractivity contribution in [3.8, 4) is 23.0 Å². The van der Waals surface area contributed by atoms with Crippen LogP contribution in [0.15, 0.2) is 42.0 Å². The molecule has 1 atom stereocenters. The Kier molecular flexibility index (Phi) is 3.51. The smallest absolute Gasteiger partial charge is 0.337 e. The van der Waals surface area contributed by atoms with Crippen LogP contribution >= 0.6 is 0 Å². The molecule has 1 N–H and O–H groups in total. The highest BCUT2D eigenvalue weighted by atomic mass is 16.7. The largest absolute Gasteiger partial charge is 0.459 e. The Bertz CT molecular complexity index is 965. The van der Waals surface area contributed by atoms with Gasteiger partial charge in [0.15, 0.2) is 23.0 Å². The van der Waals surface area contributed by atoms with Gasteiger partial charge in [-0.1, -0.05) is 12.1 Å². The Labute approximate surface area is 154 Å². The Morgan fingerprint density at radius 3 is 2.33 bits per heavy atom. The molecule has 0 aromatic heterocycles. The van der Waals surface area contributed by atoms with Gasteiger partial charge in [0.1, 0.15) is 12.2 Å². The standard InChI is InChI=1S/C20H16O7/c21-19-14(5-12-1-3-15-17(6-12)26-10-24-15)20(22,9-23-19)8-13-2-4-16-18(7-13)27-11-25-16/h1-7,22H,8-11H2. The topological polar surface area (TPSA) is 83.5 Å². The van der Waals surface area contributed by atoms with Gasteiger partial charge in [-0.3, -0.25) is 0 Å². The molecule has 7 heteroatoms. The molecule has 1 unspecified atom stereocenters. The molecule has 0 aliphatic carbocycles. The molecular formula is C20H16O7. The minimum absolute atomic E-state index is 0.101. The number of fused-ring (bicyclic) bond motifs is 2. The lowest BCUT2D eigenvalue weighted by Gasteiger charge is -2.21. The maximum absolute atomic E-state index is 12.3. The summed E-state index contributed by atoms with van der Waals surface area (Å²) in [5.41, 5.74) is 0.314. The minimum Gasteiger partial charge on any atom is -0.459 e. The molecule has 1 fully saturated rings. The van der Waals surface area contributed by atoms with Gasteiger partial charge in [0.25, 0.3) is 0 Å². The van der Waals surface area contributed by atoms with Gasteiger partial charge in [-0.2, -0.15) is 0 Å². The molecule has 27 heavy (non-hydrogen) atoms. The van der Waals surface area contributed by atoms with Crippen LogP contribution in [-0.2, 0) is 16.0 Å². The van der Waals surface area contributed by atoms with Gasteiger partial charge < -0.3 is 28.8 Å². The summed E-state index contributed by atoms with van der Waals surface area (Å²) in [6.07, 6.45) is 1.84. The van der Waals surface area contributed by atoms with Crippen LogP contribution in [0.2, 0.25) is 0 Å². The Hall–Kier alpha value is -3.19. The molecule has 0 saturated carbocycles. The van der Waals surface area contributed by atoms with E-state index in [1.165, 1.54) is 0 Å². The highest BCUT2D eigenvalue weighted by Crippen LogP contribution is 2.38. The van der Waals surface area contributed by atoms with Crippen molar-refractivity contribution in [2.75, 3.05) is 20.2 Å². The number of aliphatic hydroxyl groups is 1. The number of cyclic esters (lactones) is 1. The van der Waals surface area contributed by atoms with Gasteiger partial charge in [-0.05, 0) is 41.5 Å².